The van der Waals surface area contributed by atoms with Crippen molar-refractivity contribution in [2.45, 2.75) is 84.1 Å². The maximum absolute atomic E-state index is 16.0. The molecule has 266 valence electrons. The summed E-state index contributed by atoms with van der Waals surface area (Å²) in [7, 11) is 0.626. The summed E-state index contributed by atoms with van der Waals surface area (Å²) < 4.78 is 56.1. The van der Waals surface area contributed by atoms with Crippen molar-refractivity contribution in [3.8, 4) is 17.0 Å². The van der Waals surface area contributed by atoms with Crippen molar-refractivity contribution in [3.05, 3.63) is 53.7 Å². The van der Waals surface area contributed by atoms with Gasteiger partial charge < -0.3 is 24.6 Å². The zero-order valence-electron chi connectivity index (χ0n) is 29.6. The van der Waals surface area contributed by atoms with Crippen LogP contribution in [0.25, 0.3) is 11.1 Å². The minimum absolute atomic E-state index is 0.0164. The maximum Gasteiger partial charge on any atom is 0.264 e. The van der Waals surface area contributed by atoms with E-state index in [-0.39, 0.29) is 47.0 Å². The second-order valence-corrected chi connectivity index (χ2v) is 20.2. The van der Waals surface area contributed by atoms with Crippen molar-refractivity contribution in [3.63, 3.8) is 0 Å². The van der Waals surface area contributed by atoms with Crippen LogP contribution in [-0.2, 0) is 4.74 Å². The number of nitrogens with zero attached hydrogens (tertiary/aromatic N) is 6. The first kappa shape index (κ1) is 36.5. The third kappa shape index (κ3) is 8.89. The molecule has 4 heterocycles. The van der Waals surface area contributed by atoms with E-state index in [2.05, 4.69) is 58.7 Å². The van der Waals surface area contributed by atoms with E-state index in [0.29, 0.717) is 50.0 Å². The number of piperazine rings is 1. The molecule has 2 saturated heterocycles. The average Bonchev–Trinajstić information content (AvgIpc) is 3.03. The molecule has 49 heavy (non-hydrogen) atoms. The molecule has 0 aliphatic carbocycles. The Hall–Kier alpha value is -3.75. The van der Waals surface area contributed by atoms with Crippen LogP contribution < -0.4 is 19.9 Å². The summed E-state index contributed by atoms with van der Waals surface area (Å²) in [5.74, 6) is -0.754. The van der Waals surface area contributed by atoms with E-state index in [4.69, 9.17) is 9.47 Å². The second-order valence-electron chi connectivity index (χ2n) is 14.6. The van der Waals surface area contributed by atoms with Gasteiger partial charge in [0.2, 0.25) is 11.8 Å². The highest BCUT2D eigenvalue weighted by Gasteiger charge is 2.30. The molecule has 0 bridgehead atoms. The van der Waals surface area contributed by atoms with E-state index >= 15 is 4.39 Å². The van der Waals surface area contributed by atoms with Crippen LogP contribution in [0, 0.1) is 5.82 Å². The number of benzene rings is 1. The Morgan fingerprint density at radius 2 is 1.59 bits per heavy atom. The van der Waals surface area contributed by atoms with Gasteiger partial charge in [-0.3, -0.25) is 9.69 Å². The predicted molar refractivity (Wildman–Crippen MR) is 189 cm³/mol. The smallest absolute Gasteiger partial charge is 0.264 e. The van der Waals surface area contributed by atoms with Crippen molar-refractivity contribution in [2.75, 3.05) is 55.0 Å². The van der Waals surface area contributed by atoms with Crippen molar-refractivity contribution in [1.29, 1.82) is 0 Å². The van der Waals surface area contributed by atoms with Crippen LogP contribution in [0.15, 0.2) is 36.8 Å². The lowest BCUT2D eigenvalue weighted by Crippen LogP contribution is -2.55. The molecule has 2 aliphatic heterocycles. The first-order chi connectivity index (χ1) is 23.1. The molecule has 10 nitrogen and oxygen atoms in total. The Kier molecular flexibility index (Phi) is 11.2. The Labute approximate surface area is 288 Å². The first-order valence-corrected chi connectivity index (χ1v) is 20.6. The quantitative estimate of drug-likeness (QED) is 0.231. The van der Waals surface area contributed by atoms with Gasteiger partial charge in [-0.15, -0.1) is 0 Å². The van der Waals surface area contributed by atoms with Crippen LogP contribution in [0.5, 0.6) is 5.88 Å². The van der Waals surface area contributed by atoms with Gasteiger partial charge in [-0.25, -0.2) is 28.1 Å². The van der Waals surface area contributed by atoms with Crippen LogP contribution in [-0.4, -0.2) is 98.0 Å². The van der Waals surface area contributed by atoms with Gasteiger partial charge in [0.25, 0.3) is 12.3 Å². The van der Waals surface area contributed by atoms with E-state index in [9.17, 15) is 13.6 Å². The molecule has 1 aromatic carbocycles. The standard InChI is InChI=1S/C35H48F3N7O3Si/c1-21-17-44(18-22(2)43(21)5)31-13-29(36)26(25-14-40-35(41-15-25)45-19-23(3)48-24(4)20-45)11-30(31)42-34(46)28-16-39-32(12-27(28)33(37)38)47-9-10-49(6,7)8/h11-16,21-24,33H,9-10,17-20H2,1-8H3,(H,42,46)/t21-,22+,23-,24+. The minimum Gasteiger partial charge on any atom is -0.478 e. The Balaban J connectivity index is 1.48. The normalized spacial score (nSPS) is 22.0. The summed E-state index contributed by atoms with van der Waals surface area (Å²) in [5, 5.41) is 2.82. The summed E-state index contributed by atoms with van der Waals surface area (Å²) >= 11 is 0. The monoisotopic (exact) mass is 699 g/mol. The molecule has 0 unspecified atom stereocenters. The molecule has 14 heteroatoms. The number of amides is 1. The minimum atomic E-state index is -2.95. The third-order valence-electron chi connectivity index (χ3n) is 9.18. The number of pyridine rings is 1. The number of carbonyl (C=O) groups excluding carboxylic acids is 1. The highest BCUT2D eigenvalue weighted by Crippen LogP contribution is 2.37. The molecule has 2 aromatic heterocycles. The predicted octanol–water partition coefficient (Wildman–Crippen LogP) is 6.73. The van der Waals surface area contributed by atoms with E-state index in [1.165, 1.54) is 12.1 Å². The lowest BCUT2D eigenvalue weighted by atomic mass is 10.0. The van der Waals surface area contributed by atoms with Gasteiger partial charge in [0.05, 0.1) is 35.8 Å². The molecule has 5 rings (SSSR count). The fraction of sp³-hybridized carbons (Fsp3) is 0.543. The fourth-order valence-corrected chi connectivity index (χ4v) is 6.98. The van der Waals surface area contributed by atoms with Crippen LogP contribution >= 0.6 is 0 Å². The van der Waals surface area contributed by atoms with Gasteiger partial charge in [0, 0.05) is 87.7 Å². The topological polar surface area (TPSA) is 96.0 Å². The average molecular weight is 700 g/mol. The molecule has 0 radical (unpaired) electrons. The van der Waals surface area contributed by atoms with Gasteiger partial charge in [0.15, 0.2) is 0 Å². The number of alkyl halides is 2. The highest BCUT2D eigenvalue weighted by molar-refractivity contribution is 6.76. The SMILES string of the molecule is C[C@@H]1CN(c2ncc(-c3cc(NC(=O)c4cnc(OCC[Si](C)(C)C)cc4C(F)F)c(N4C[C@@H](C)N(C)[C@@H](C)C4)cc3F)cn2)C[C@H](C)O1. The van der Waals surface area contributed by atoms with Crippen molar-refractivity contribution >= 4 is 31.3 Å². The molecular weight excluding hydrogens is 652 g/mol. The van der Waals surface area contributed by atoms with Gasteiger partial charge in [-0.2, -0.15) is 0 Å². The number of halogens is 3. The van der Waals surface area contributed by atoms with Crippen molar-refractivity contribution in [1.82, 2.24) is 19.9 Å². The molecule has 1 N–H and O–H groups in total. The summed E-state index contributed by atoms with van der Waals surface area (Å²) in [4.78, 5) is 33.3. The number of morpholine rings is 1. The number of hydrogen-bond acceptors (Lipinski definition) is 9. The van der Waals surface area contributed by atoms with E-state index in [1.807, 2.05) is 30.7 Å². The maximum atomic E-state index is 16.0. The molecule has 0 spiro atoms. The molecule has 2 aliphatic rings. The molecule has 4 atom stereocenters. The van der Waals surface area contributed by atoms with Crippen LogP contribution in [0.1, 0.15) is 50.0 Å². The second kappa shape index (κ2) is 15.0. The number of carbonyl (C=O) groups is 1. The zero-order chi connectivity index (χ0) is 35.6. The van der Waals surface area contributed by atoms with E-state index in [1.54, 1.807) is 12.4 Å². The Morgan fingerprint density at radius 3 is 2.18 bits per heavy atom. The number of aromatic nitrogens is 3. The largest absolute Gasteiger partial charge is 0.478 e. The zero-order valence-corrected chi connectivity index (χ0v) is 30.6. The molecular formula is C35H48F3N7O3Si. The summed E-state index contributed by atoms with van der Waals surface area (Å²) in [6.07, 6.45) is 1.31. The number of ether oxygens (including phenoxy) is 2. The first-order valence-electron chi connectivity index (χ1n) is 16.8. The van der Waals surface area contributed by atoms with Crippen LogP contribution in [0.3, 0.4) is 0 Å². The van der Waals surface area contributed by atoms with Crippen LogP contribution in [0.4, 0.5) is 30.5 Å². The lowest BCUT2D eigenvalue weighted by Gasteiger charge is -2.44. The molecule has 2 fully saturated rings. The lowest BCUT2D eigenvalue weighted by molar-refractivity contribution is -0.00572. The van der Waals surface area contributed by atoms with Crippen LogP contribution in [0.2, 0.25) is 25.7 Å². The molecule has 3 aromatic rings. The number of hydrogen-bond donors (Lipinski definition) is 1. The Morgan fingerprint density at radius 1 is 0.959 bits per heavy atom. The number of nitrogens with one attached hydrogen (secondary N) is 1. The third-order valence-corrected chi connectivity index (χ3v) is 10.9. The van der Waals surface area contributed by atoms with E-state index < -0.39 is 31.8 Å². The molecule has 1 amide bonds. The van der Waals surface area contributed by atoms with E-state index in [0.717, 1.165) is 18.3 Å². The summed E-state index contributed by atoms with van der Waals surface area (Å²) in [6, 6.07) is 5.15. The highest BCUT2D eigenvalue weighted by atomic mass is 28.3. The molecule has 0 saturated carbocycles. The van der Waals surface area contributed by atoms with Gasteiger partial charge in [-0.05, 0) is 52.9 Å². The van der Waals surface area contributed by atoms with Crippen molar-refractivity contribution < 1.29 is 27.4 Å². The number of likely N-dealkylation sites (N-methyl/N-ethyl adjacent to an activating group) is 1. The number of anilines is 3. The van der Waals surface area contributed by atoms with Crippen molar-refractivity contribution in [2.24, 2.45) is 0 Å². The number of rotatable bonds is 10. The fourth-order valence-electron chi connectivity index (χ4n) is 6.26. The Bertz CT molecular complexity index is 1600. The summed E-state index contributed by atoms with van der Waals surface area (Å²) in [5.41, 5.74) is 0.535. The van der Waals surface area contributed by atoms with Gasteiger partial charge in [0.1, 0.15) is 5.82 Å². The van der Waals surface area contributed by atoms with Gasteiger partial charge in [-0.1, -0.05) is 19.6 Å². The summed E-state index contributed by atoms with van der Waals surface area (Å²) in [6.45, 7) is 17.5. The van der Waals surface area contributed by atoms with Gasteiger partial charge >= 0.3 is 0 Å².